The summed E-state index contributed by atoms with van der Waals surface area (Å²) >= 11 is 0. The Morgan fingerprint density at radius 2 is 1.90 bits per heavy atom. The highest BCUT2D eigenvalue weighted by molar-refractivity contribution is 5.97. The van der Waals surface area contributed by atoms with Crippen molar-refractivity contribution in [1.82, 2.24) is 14.5 Å². The molecule has 160 valence electrons. The van der Waals surface area contributed by atoms with Gasteiger partial charge in [0.1, 0.15) is 17.8 Å². The van der Waals surface area contributed by atoms with E-state index in [1.54, 1.807) is 21.6 Å². The van der Waals surface area contributed by atoms with Gasteiger partial charge in [0.2, 0.25) is 11.3 Å². The van der Waals surface area contributed by atoms with Crippen LogP contribution in [0.3, 0.4) is 0 Å². The zero-order valence-electron chi connectivity index (χ0n) is 17.9. The molecule has 0 atom stereocenters. The van der Waals surface area contributed by atoms with Crippen LogP contribution in [0, 0.1) is 6.92 Å². The Labute approximate surface area is 180 Å². The molecule has 1 aliphatic rings. The maximum atomic E-state index is 13.0. The molecule has 0 radical (unpaired) electrons. The second-order valence-electron chi connectivity index (χ2n) is 7.93. The molecule has 4 rings (SSSR count). The minimum absolute atomic E-state index is 0.0517. The normalized spacial score (nSPS) is 13.5. The zero-order chi connectivity index (χ0) is 22.0. The lowest BCUT2D eigenvalue weighted by Crippen LogP contribution is -2.33. The summed E-state index contributed by atoms with van der Waals surface area (Å²) in [5.74, 6) is -0.532. The highest BCUT2D eigenvalue weighted by Crippen LogP contribution is 2.16. The lowest BCUT2D eigenvalue weighted by Gasteiger charge is -2.17. The maximum Gasteiger partial charge on any atom is 0.259 e. The van der Waals surface area contributed by atoms with E-state index in [9.17, 15) is 14.4 Å². The molecule has 0 bridgehead atoms. The van der Waals surface area contributed by atoms with Gasteiger partial charge in [-0.3, -0.25) is 14.4 Å². The fourth-order valence-electron chi connectivity index (χ4n) is 3.95. The van der Waals surface area contributed by atoms with Crippen molar-refractivity contribution in [1.29, 1.82) is 0 Å². The van der Waals surface area contributed by atoms with Gasteiger partial charge in [0, 0.05) is 30.7 Å². The predicted octanol–water partition coefficient (Wildman–Crippen LogP) is 3.14. The molecule has 1 fully saturated rings. The van der Waals surface area contributed by atoms with Gasteiger partial charge in [0.25, 0.3) is 5.91 Å². The second-order valence-corrected chi connectivity index (χ2v) is 7.93. The van der Waals surface area contributed by atoms with Crippen molar-refractivity contribution in [2.24, 2.45) is 0 Å². The van der Waals surface area contributed by atoms with E-state index in [0.29, 0.717) is 29.8 Å². The van der Waals surface area contributed by atoms with Crippen molar-refractivity contribution in [3.8, 4) is 0 Å². The number of anilines is 1. The van der Waals surface area contributed by atoms with Crippen LogP contribution < -0.4 is 10.7 Å². The van der Waals surface area contributed by atoms with Crippen LogP contribution in [0.2, 0.25) is 0 Å². The average Bonchev–Trinajstić information content (AvgIpc) is 3.30. The van der Waals surface area contributed by atoms with Gasteiger partial charge >= 0.3 is 0 Å². The van der Waals surface area contributed by atoms with E-state index < -0.39 is 0 Å². The minimum atomic E-state index is -0.341. The lowest BCUT2D eigenvalue weighted by molar-refractivity contribution is -0.116. The number of hydrogen-bond donors (Lipinski definition) is 1. The van der Waals surface area contributed by atoms with Gasteiger partial charge < -0.3 is 14.8 Å². The Morgan fingerprint density at radius 1 is 1.13 bits per heavy atom. The first-order valence-electron chi connectivity index (χ1n) is 10.6. The Bertz CT molecular complexity index is 1210. The molecule has 0 aliphatic carbocycles. The van der Waals surface area contributed by atoms with Crippen LogP contribution in [0.25, 0.3) is 11.0 Å². The number of aromatic nitrogens is 2. The van der Waals surface area contributed by atoms with Gasteiger partial charge in [-0.2, -0.15) is 0 Å². The smallest absolute Gasteiger partial charge is 0.259 e. The largest absolute Gasteiger partial charge is 0.338 e. The number of rotatable bonds is 5. The fraction of sp³-hybridized carbons (Fsp3) is 0.333. The number of amides is 2. The predicted molar refractivity (Wildman–Crippen MR) is 120 cm³/mol. The highest BCUT2D eigenvalue weighted by Gasteiger charge is 2.24. The summed E-state index contributed by atoms with van der Waals surface area (Å²) in [6.45, 7) is 5.13. The Kier molecular flexibility index (Phi) is 5.84. The molecular weight excluding hydrogens is 392 g/mol. The number of nitrogens with zero attached hydrogens (tertiary/aromatic N) is 3. The Hall–Kier alpha value is -3.48. The van der Waals surface area contributed by atoms with Crippen LogP contribution in [0.5, 0.6) is 0 Å². The molecule has 0 unspecified atom stereocenters. The number of hydrogen-bond acceptors (Lipinski definition) is 4. The van der Waals surface area contributed by atoms with Crippen LogP contribution >= 0.6 is 0 Å². The molecule has 3 aromatic rings. The van der Waals surface area contributed by atoms with Gasteiger partial charge in [-0.25, -0.2) is 4.98 Å². The second kappa shape index (κ2) is 8.71. The minimum Gasteiger partial charge on any atom is -0.338 e. The molecule has 3 heterocycles. The summed E-state index contributed by atoms with van der Waals surface area (Å²) in [7, 11) is 0. The first-order chi connectivity index (χ1) is 15.0. The number of likely N-dealkylation sites (tertiary alicyclic amines) is 1. The van der Waals surface area contributed by atoms with Gasteiger partial charge in [0.05, 0.1) is 5.39 Å². The highest BCUT2D eigenvalue weighted by atomic mass is 16.2. The first-order valence-corrected chi connectivity index (χ1v) is 10.6. The monoisotopic (exact) mass is 418 g/mol. The van der Waals surface area contributed by atoms with E-state index in [2.05, 4.69) is 17.2 Å². The van der Waals surface area contributed by atoms with Crippen LogP contribution in [-0.4, -0.2) is 39.4 Å². The summed E-state index contributed by atoms with van der Waals surface area (Å²) in [4.78, 5) is 45.0. The van der Waals surface area contributed by atoms with Crippen molar-refractivity contribution in [3.05, 3.63) is 69.6 Å². The van der Waals surface area contributed by atoms with Crippen LogP contribution in [0.4, 0.5) is 5.69 Å². The molecular formula is C24H26N4O3. The van der Waals surface area contributed by atoms with Crippen molar-refractivity contribution >= 4 is 28.5 Å². The summed E-state index contributed by atoms with van der Waals surface area (Å²) in [6.07, 6.45) is 4.24. The van der Waals surface area contributed by atoms with Gasteiger partial charge in [0.15, 0.2) is 0 Å². The van der Waals surface area contributed by atoms with Gasteiger partial charge in [-0.15, -0.1) is 0 Å². The van der Waals surface area contributed by atoms with Crippen molar-refractivity contribution in [3.63, 3.8) is 0 Å². The summed E-state index contributed by atoms with van der Waals surface area (Å²) in [6, 6.07) is 11.1. The number of pyridine rings is 2. The molecule has 1 saturated heterocycles. The van der Waals surface area contributed by atoms with Gasteiger partial charge in [-0.05, 0) is 56.0 Å². The van der Waals surface area contributed by atoms with E-state index in [0.717, 1.165) is 30.5 Å². The van der Waals surface area contributed by atoms with E-state index in [1.165, 1.54) is 6.20 Å². The molecule has 0 saturated carbocycles. The van der Waals surface area contributed by atoms with E-state index >= 15 is 0 Å². The topological polar surface area (TPSA) is 84.3 Å². The molecule has 7 heteroatoms. The van der Waals surface area contributed by atoms with Crippen LogP contribution in [0.15, 0.2) is 47.4 Å². The molecule has 1 aromatic carbocycles. The standard InChI is InChI=1S/C24H26N4O3/c1-3-17-7-6-8-18(13-17)26-21(29)15-28-14-20(24(31)27-11-4-5-12-27)22(30)19-10-9-16(2)25-23(19)28/h6-10,13-14H,3-5,11-12,15H2,1-2H3,(H,26,29). The van der Waals surface area contributed by atoms with E-state index in [4.69, 9.17) is 0 Å². The number of aryl methyl sites for hydroxylation is 2. The molecule has 1 N–H and O–H groups in total. The van der Waals surface area contributed by atoms with Crippen molar-refractivity contribution < 1.29 is 9.59 Å². The average molecular weight is 418 g/mol. The summed E-state index contributed by atoms with van der Waals surface area (Å²) < 4.78 is 1.60. The number of carbonyl (C=O) groups is 2. The SMILES string of the molecule is CCc1cccc(NC(=O)Cn2cc(C(=O)N3CCCC3)c(=O)c3ccc(C)nc32)c1. The number of fused-ring (bicyclic) bond motifs is 1. The van der Waals surface area contributed by atoms with Crippen LogP contribution in [0.1, 0.15) is 41.4 Å². The Balaban J connectivity index is 1.70. The van der Waals surface area contributed by atoms with Gasteiger partial charge in [-0.1, -0.05) is 19.1 Å². The number of carbonyl (C=O) groups excluding carboxylic acids is 2. The van der Waals surface area contributed by atoms with Crippen molar-refractivity contribution in [2.75, 3.05) is 18.4 Å². The molecule has 0 spiro atoms. The fourth-order valence-corrected chi connectivity index (χ4v) is 3.95. The number of benzene rings is 1. The first kappa shape index (κ1) is 20.8. The molecule has 1 aliphatic heterocycles. The van der Waals surface area contributed by atoms with Crippen molar-refractivity contribution in [2.45, 2.75) is 39.7 Å². The maximum absolute atomic E-state index is 13.0. The third-order valence-corrected chi connectivity index (χ3v) is 5.62. The van der Waals surface area contributed by atoms with E-state index in [1.807, 2.05) is 31.2 Å². The quantitative estimate of drug-likeness (QED) is 0.690. The third kappa shape index (κ3) is 4.35. The van der Waals surface area contributed by atoms with E-state index in [-0.39, 0.29) is 29.4 Å². The van der Waals surface area contributed by atoms with Crippen LogP contribution in [-0.2, 0) is 17.8 Å². The summed E-state index contributed by atoms with van der Waals surface area (Å²) in [5, 5.41) is 3.25. The molecule has 2 amide bonds. The molecule has 31 heavy (non-hydrogen) atoms. The number of nitrogens with one attached hydrogen (secondary N) is 1. The lowest BCUT2D eigenvalue weighted by atomic mass is 10.1. The third-order valence-electron chi connectivity index (χ3n) is 5.62. The molecule has 7 nitrogen and oxygen atoms in total. The summed E-state index contributed by atoms with van der Waals surface area (Å²) in [5.41, 5.74) is 2.72. The molecule has 2 aromatic heterocycles. The Morgan fingerprint density at radius 3 is 2.65 bits per heavy atom. The zero-order valence-corrected chi connectivity index (χ0v) is 17.9.